The first kappa shape index (κ1) is 15.3. The van der Waals surface area contributed by atoms with E-state index in [0.29, 0.717) is 32.4 Å². The number of pyridine rings is 1. The summed E-state index contributed by atoms with van der Waals surface area (Å²) in [6.07, 6.45) is 5.83. The summed E-state index contributed by atoms with van der Waals surface area (Å²) in [6, 6.07) is 3.51. The Morgan fingerprint density at radius 2 is 2.33 bits per heavy atom. The summed E-state index contributed by atoms with van der Waals surface area (Å²) in [5.74, 6) is -0.912. The van der Waals surface area contributed by atoms with E-state index in [1.807, 2.05) is 19.1 Å². The minimum atomic E-state index is -1.04. The van der Waals surface area contributed by atoms with Crippen molar-refractivity contribution in [3.63, 3.8) is 0 Å². The van der Waals surface area contributed by atoms with Crippen LogP contribution in [0.1, 0.15) is 31.7 Å². The van der Waals surface area contributed by atoms with Crippen LogP contribution in [0.3, 0.4) is 0 Å². The fourth-order valence-corrected chi connectivity index (χ4v) is 2.87. The second-order valence-electron chi connectivity index (χ2n) is 5.29. The molecule has 1 fully saturated rings. The van der Waals surface area contributed by atoms with Gasteiger partial charge in [-0.05, 0) is 37.3 Å². The zero-order chi connectivity index (χ0) is 15.3. The average Bonchev–Trinajstić information content (AvgIpc) is 2.93. The van der Waals surface area contributed by atoms with Crippen molar-refractivity contribution in [3.8, 4) is 0 Å². The minimum absolute atomic E-state index is 0.291. The number of likely N-dealkylation sites (tertiary alicyclic amines) is 1. The molecule has 0 spiro atoms. The first-order valence-electron chi connectivity index (χ1n) is 7.28. The third kappa shape index (κ3) is 3.15. The number of rotatable bonds is 5. The summed E-state index contributed by atoms with van der Waals surface area (Å²) in [6.45, 7) is 2.79. The van der Waals surface area contributed by atoms with Gasteiger partial charge in [-0.3, -0.25) is 4.98 Å². The van der Waals surface area contributed by atoms with Crippen molar-refractivity contribution < 1.29 is 14.7 Å². The maximum absolute atomic E-state index is 12.3. The molecule has 21 heavy (non-hydrogen) atoms. The molecule has 1 saturated heterocycles. The van der Waals surface area contributed by atoms with Gasteiger partial charge in [-0.25, -0.2) is 9.59 Å². The molecule has 2 amide bonds. The third-order valence-corrected chi connectivity index (χ3v) is 4.13. The quantitative estimate of drug-likeness (QED) is 0.864. The lowest BCUT2D eigenvalue weighted by molar-refractivity contribution is -0.148. The third-order valence-electron chi connectivity index (χ3n) is 4.13. The normalized spacial score (nSPS) is 21.3. The zero-order valence-corrected chi connectivity index (χ0v) is 12.2. The summed E-state index contributed by atoms with van der Waals surface area (Å²) >= 11 is 0. The molecule has 2 N–H and O–H groups in total. The SMILES string of the molecule is CCC1(C(=O)O)CCCN1C(=O)NCCc1cccnc1. The van der Waals surface area contributed by atoms with Gasteiger partial charge in [0.2, 0.25) is 0 Å². The van der Waals surface area contributed by atoms with E-state index in [1.54, 1.807) is 12.4 Å². The first-order chi connectivity index (χ1) is 10.1. The number of hydrogen-bond donors (Lipinski definition) is 2. The molecule has 1 aliphatic rings. The molecule has 1 atom stereocenters. The van der Waals surface area contributed by atoms with Crippen LogP contribution in [0.2, 0.25) is 0 Å². The van der Waals surface area contributed by atoms with Crippen LogP contribution in [0.15, 0.2) is 24.5 Å². The first-order valence-corrected chi connectivity index (χ1v) is 7.28. The Morgan fingerprint density at radius 1 is 1.52 bits per heavy atom. The van der Waals surface area contributed by atoms with Gasteiger partial charge < -0.3 is 15.3 Å². The molecule has 6 heteroatoms. The molecule has 1 aromatic heterocycles. The van der Waals surface area contributed by atoms with E-state index in [1.165, 1.54) is 4.90 Å². The number of carboxylic acid groups (broad SMARTS) is 1. The lowest BCUT2D eigenvalue weighted by Gasteiger charge is -2.33. The van der Waals surface area contributed by atoms with Crippen LogP contribution >= 0.6 is 0 Å². The maximum Gasteiger partial charge on any atom is 0.329 e. The van der Waals surface area contributed by atoms with Crippen LogP contribution < -0.4 is 5.32 Å². The van der Waals surface area contributed by atoms with Gasteiger partial charge in [0.25, 0.3) is 0 Å². The Kier molecular flexibility index (Phi) is 4.77. The van der Waals surface area contributed by atoms with Crippen molar-refractivity contribution >= 4 is 12.0 Å². The average molecular weight is 291 g/mol. The Balaban J connectivity index is 1.92. The molecular formula is C15H21N3O3. The Labute approximate surface area is 124 Å². The fraction of sp³-hybridized carbons (Fsp3) is 0.533. The molecule has 1 aliphatic heterocycles. The van der Waals surface area contributed by atoms with Gasteiger partial charge in [0.05, 0.1) is 0 Å². The molecule has 0 aromatic carbocycles. The van der Waals surface area contributed by atoms with Gasteiger partial charge in [-0.2, -0.15) is 0 Å². The van der Waals surface area contributed by atoms with Crippen LogP contribution in [-0.4, -0.2) is 45.6 Å². The van der Waals surface area contributed by atoms with E-state index >= 15 is 0 Å². The van der Waals surface area contributed by atoms with Gasteiger partial charge in [0, 0.05) is 25.5 Å². The molecule has 2 heterocycles. The van der Waals surface area contributed by atoms with Crippen LogP contribution in [0, 0.1) is 0 Å². The molecule has 114 valence electrons. The summed E-state index contributed by atoms with van der Waals surface area (Å²) in [4.78, 5) is 29.3. The van der Waals surface area contributed by atoms with E-state index in [9.17, 15) is 14.7 Å². The number of aromatic nitrogens is 1. The van der Waals surface area contributed by atoms with E-state index in [4.69, 9.17) is 0 Å². The smallest absolute Gasteiger partial charge is 0.329 e. The number of nitrogens with zero attached hydrogens (tertiary/aromatic N) is 2. The highest BCUT2D eigenvalue weighted by Crippen LogP contribution is 2.32. The van der Waals surface area contributed by atoms with Gasteiger partial charge in [-0.15, -0.1) is 0 Å². The molecule has 0 radical (unpaired) electrons. The summed E-state index contributed by atoms with van der Waals surface area (Å²) < 4.78 is 0. The molecule has 2 rings (SSSR count). The second-order valence-corrected chi connectivity index (χ2v) is 5.29. The lowest BCUT2D eigenvalue weighted by Crippen LogP contribution is -2.55. The number of amides is 2. The number of nitrogens with one attached hydrogen (secondary N) is 1. The van der Waals surface area contributed by atoms with Crippen molar-refractivity contribution in [2.24, 2.45) is 0 Å². The molecule has 6 nitrogen and oxygen atoms in total. The molecule has 1 aromatic rings. The van der Waals surface area contributed by atoms with Crippen molar-refractivity contribution in [2.45, 2.75) is 38.1 Å². The highest BCUT2D eigenvalue weighted by atomic mass is 16.4. The summed E-state index contributed by atoms with van der Waals surface area (Å²) in [5.41, 5.74) is -0.00233. The van der Waals surface area contributed by atoms with E-state index in [2.05, 4.69) is 10.3 Å². The lowest BCUT2D eigenvalue weighted by atomic mass is 9.93. The predicted molar refractivity (Wildman–Crippen MR) is 77.9 cm³/mol. The highest BCUT2D eigenvalue weighted by Gasteiger charge is 2.48. The minimum Gasteiger partial charge on any atom is -0.479 e. The largest absolute Gasteiger partial charge is 0.479 e. The van der Waals surface area contributed by atoms with Gasteiger partial charge >= 0.3 is 12.0 Å². The van der Waals surface area contributed by atoms with E-state index in [0.717, 1.165) is 12.0 Å². The van der Waals surface area contributed by atoms with E-state index < -0.39 is 11.5 Å². The van der Waals surface area contributed by atoms with Gasteiger partial charge in [0.15, 0.2) is 0 Å². The van der Waals surface area contributed by atoms with Crippen LogP contribution in [-0.2, 0) is 11.2 Å². The fourth-order valence-electron chi connectivity index (χ4n) is 2.87. The molecule has 0 bridgehead atoms. The van der Waals surface area contributed by atoms with Crippen molar-refractivity contribution in [2.75, 3.05) is 13.1 Å². The Bertz CT molecular complexity index is 506. The van der Waals surface area contributed by atoms with Gasteiger partial charge in [-0.1, -0.05) is 13.0 Å². The number of carbonyl (C=O) groups excluding carboxylic acids is 1. The van der Waals surface area contributed by atoms with Crippen LogP contribution in [0.5, 0.6) is 0 Å². The number of hydrogen-bond acceptors (Lipinski definition) is 3. The summed E-state index contributed by atoms with van der Waals surface area (Å²) in [7, 11) is 0. The number of aliphatic carboxylic acids is 1. The summed E-state index contributed by atoms with van der Waals surface area (Å²) in [5, 5.41) is 12.3. The van der Waals surface area contributed by atoms with Crippen molar-refractivity contribution in [1.29, 1.82) is 0 Å². The van der Waals surface area contributed by atoms with Crippen molar-refractivity contribution in [3.05, 3.63) is 30.1 Å². The molecular weight excluding hydrogens is 270 g/mol. The van der Waals surface area contributed by atoms with Crippen molar-refractivity contribution in [1.82, 2.24) is 15.2 Å². The number of carboxylic acids is 1. The predicted octanol–water partition coefficient (Wildman–Crippen LogP) is 1.66. The second kappa shape index (κ2) is 6.56. The van der Waals surface area contributed by atoms with Gasteiger partial charge in [0.1, 0.15) is 5.54 Å². The number of urea groups is 1. The Morgan fingerprint density at radius 3 is 2.95 bits per heavy atom. The monoisotopic (exact) mass is 291 g/mol. The topological polar surface area (TPSA) is 82.5 Å². The maximum atomic E-state index is 12.3. The molecule has 0 saturated carbocycles. The van der Waals surface area contributed by atoms with Crippen LogP contribution in [0.4, 0.5) is 4.79 Å². The standard InChI is InChI=1S/C15H21N3O3/c1-2-15(13(19)20)7-4-10-18(15)14(21)17-9-6-12-5-3-8-16-11-12/h3,5,8,11H,2,4,6-7,9-10H2,1H3,(H,17,21)(H,19,20). The Hall–Kier alpha value is -2.11. The van der Waals surface area contributed by atoms with E-state index in [-0.39, 0.29) is 6.03 Å². The van der Waals surface area contributed by atoms with Crippen LogP contribution in [0.25, 0.3) is 0 Å². The molecule has 1 unspecified atom stereocenters. The number of carbonyl (C=O) groups is 2. The zero-order valence-electron chi connectivity index (χ0n) is 12.2. The molecule has 0 aliphatic carbocycles. The highest BCUT2D eigenvalue weighted by molar-refractivity contribution is 5.87.